The predicted octanol–water partition coefficient (Wildman–Crippen LogP) is -16.2. The van der Waals surface area contributed by atoms with E-state index in [1.807, 2.05) is 0 Å². The third-order valence-corrected chi connectivity index (χ3v) is 7.77. The Morgan fingerprint density at radius 2 is 1.73 bits per heavy atom. The number of nitrogens with one attached hydrogen (secondary N) is 1. The Morgan fingerprint density at radius 3 is 2.27 bits per heavy atom. The smallest absolute Gasteiger partial charge is 0.790 e. The summed E-state index contributed by atoms with van der Waals surface area (Å²) in [7, 11) is -17.0. The van der Waals surface area contributed by atoms with E-state index in [-0.39, 0.29) is 135 Å². The minimum Gasteiger partial charge on any atom is -0.790 e. The number of rotatable bonds is 9. The summed E-state index contributed by atoms with van der Waals surface area (Å²) < 4.78 is 55.9. The number of nitrogen functional groups attached to an aromatic ring is 1. The van der Waals surface area contributed by atoms with E-state index in [0.717, 1.165) is 18.0 Å². The number of ether oxygens (including phenoxy) is 2. The number of nitrogens with two attached hydrogens (primary N) is 1. The van der Waals surface area contributed by atoms with Crippen LogP contribution in [0.3, 0.4) is 0 Å². The fourth-order valence-electron chi connectivity index (χ4n) is 2.95. The number of hydrogen-bond donors (Lipinski definition) is 3. The number of aliphatic hydroxyl groups is 1. The summed E-state index contributed by atoms with van der Waals surface area (Å²) in [5, 5.41) is 10.5. The number of aromatic amines is 1. The normalized spacial score (nSPS) is 24.5. The predicted molar refractivity (Wildman–Crippen MR) is 94.2 cm³/mol. The van der Waals surface area contributed by atoms with E-state index in [4.69, 9.17) is 15.2 Å². The molecule has 0 radical (unpaired) electrons. The van der Waals surface area contributed by atoms with Crippen molar-refractivity contribution in [3.63, 3.8) is 0 Å². The molecule has 3 rings (SSSR count). The maximum atomic E-state index is 11.9. The summed E-state index contributed by atoms with van der Waals surface area (Å²) in [6.45, 7) is -0.998. The van der Waals surface area contributed by atoms with Crippen molar-refractivity contribution >= 4 is 40.6 Å². The summed E-state index contributed by atoms with van der Waals surface area (Å²) >= 11 is 0. The maximum absolute atomic E-state index is 11.9. The molecule has 0 aliphatic carbocycles. The van der Waals surface area contributed by atoms with Gasteiger partial charge >= 0.3 is 118 Å². The Kier molecular flexibility index (Phi) is 18.4. The topological polar surface area (TPSA) is 299 Å². The van der Waals surface area contributed by atoms with E-state index in [1.54, 1.807) is 0 Å². The minimum absolute atomic E-state index is 0. The van der Waals surface area contributed by atoms with Crippen LogP contribution < -0.4 is 149 Å². The number of nitrogens with zero attached hydrogens (tertiary/aromatic N) is 3. The zero-order valence-corrected chi connectivity index (χ0v) is 30.8. The van der Waals surface area contributed by atoms with Gasteiger partial charge in [-0.1, -0.05) is 0 Å². The molecule has 1 aliphatic heterocycles. The minimum atomic E-state index is -6.14. The van der Waals surface area contributed by atoms with Gasteiger partial charge in [-0.25, -0.2) is 9.29 Å². The van der Waals surface area contributed by atoms with Gasteiger partial charge in [-0.2, -0.15) is 4.98 Å². The van der Waals surface area contributed by atoms with Crippen LogP contribution in [0.1, 0.15) is 6.23 Å². The third kappa shape index (κ3) is 11.2. The third-order valence-electron chi connectivity index (χ3n) is 4.10. The Morgan fingerprint density at radius 1 is 1.14 bits per heavy atom. The number of phosphoric acid groups is 3. The molecule has 2 unspecified atom stereocenters. The number of methoxy groups -OCH3 is 1. The first-order chi connectivity index (χ1) is 15.1. The Hall–Kier alpha value is 2.44. The molecule has 0 saturated carbocycles. The van der Waals surface area contributed by atoms with Gasteiger partial charge in [-0.3, -0.25) is 27.8 Å². The molecule has 2 aromatic rings. The SMILES string of the molecule is CO[C@H]1[C@@H](O)[C@H](n2cnc3c(=O)[nH]c(N)nc32)O[C@@H]1COP(=O)([O-])OP(=O)([O-])OP(=O)([O-])[O-].[Na+].[Na+].[Na+].[Na+]. The molecule has 1 aliphatic rings. The number of anilines is 1. The van der Waals surface area contributed by atoms with Crippen LogP contribution >= 0.6 is 23.5 Å². The zero-order valence-electron chi connectivity index (χ0n) is 20.1. The number of hydrogen-bond acceptors (Lipinski definition) is 17. The molecule has 4 N–H and O–H groups in total. The first kappa shape index (κ1) is 41.6. The molecule has 2 aromatic heterocycles. The molecule has 3 heterocycles. The molecule has 19 nitrogen and oxygen atoms in total. The molecule has 0 aromatic carbocycles. The molecular weight excluding hydrogens is 611 g/mol. The van der Waals surface area contributed by atoms with Crippen LogP contribution in [0, 0.1) is 0 Å². The van der Waals surface area contributed by atoms with Gasteiger partial charge in [0, 0.05) is 7.11 Å². The maximum Gasteiger partial charge on any atom is 1.00 e. The molecule has 0 amide bonds. The van der Waals surface area contributed by atoms with Crippen LogP contribution in [0.5, 0.6) is 0 Å². The van der Waals surface area contributed by atoms with Crippen LogP contribution in [-0.4, -0.2) is 56.7 Å². The van der Waals surface area contributed by atoms with Gasteiger partial charge in [0.1, 0.15) is 18.3 Å². The van der Waals surface area contributed by atoms with Gasteiger partial charge in [0.15, 0.2) is 17.4 Å². The summed E-state index contributed by atoms with van der Waals surface area (Å²) in [6, 6.07) is 0. The fourth-order valence-corrected chi connectivity index (χ4v) is 5.82. The summed E-state index contributed by atoms with van der Waals surface area (Å²) in [4.78, 5) is 65.5. The number of phosphoric ester groups is 1. The second kappa shape index (κ2) is 16.3. The van der Waals surface area contributed by atoms with Crippen molar-refractivity contribution in [2.24, 2.45) is 0 Å². The van der Waals surface area contributed by atoms with Crippen LogP contribution in [0.4, 0.5) is 5.95 Å². The quantitative estimate of drug-likeness (QED) is 0.172. The van der Waals surface area contributed by atoms with E-state index >= 15 is 0 Å². The number of H-pyrrole nitrogens is 1. The molecular formula is C11H14N5Na4O14P3. The van der Waals surface area contributed by atoms with Gasteiger partial charge in [-0.15, -0.1) is 0 Å². The average molecular weight is 625 g/mol. The Balaban J connectivity index is 0. The Bertz CT molecular complexity index is 1240. The van der Waals surface area contributed by atoms with Gasteiger partial charge in [-0.05, 0) is 0 Å². The van der Waals surface area contributed by atoms with Gasteiger partial charge in [0.25, 0.3) is 21.2 Å². The molecule has 6 atom stereocenters. The number of aromatic nitrogens is 4. The van der Waals surface area contributed by atoms with Crippen molar-refractivity contribution in [2.45, 2.75) is 24.5 Å². The van der Waals surface area contributed by atoms with Crippen LogP contribution in [-0.2, 0) is 36.3 Å². The van der Waals surface area contributed by atoms with E-state index in [0.29, 0.717) is 0 Å². The first-order valence-corrected chi connectivity index (χ1v) is 12.8. The molecule has 26 heteroatoms. The number of imidazole rings is 1. The van der Waals surface area contributed by atoms with Crippen LogP contribution in [0.2, 0.25) is 0 Å². The monoisotopic (exact) mass is 625 g/mol. The molecule has 186 valence electrons. The van der Waals surface area contributed by atoms with Crippen LogP contribution in [0.15, 0.2) is 11.1 Å². The van der Waals surface area contributed by atoms with E-state index in [9.17, 15) is 43.2 Å². The fraction of sp³-hybridized carbons (Fsp3) is 0.545. The zero-order chi connectivity index (χ0) is 24.8. The van der Waals surface area contributed by atoms with Gasteiger partial charge in [0.2, 0.25) is 5.95 Å². The standard InChI is InChI=1S/C11H18N5O14P3.4Na/c1-26-7-4(2-27-32(22,23)30-33(24,25)29-31(19,20)21)28-10(6(7)17)16-3-13-5-8(16)14-11(12)15-9(5)18;;;;/h3-4,6-7,10,17H,2H2,1H3,(H,22,23)(H,24,25)(H2,19,20,21)(H3,12,14,15,18);;;;/q;4*+1/p-4/t4-,6-,7-,10-;;;;/m1..../s1. The van der Waals surface area contributed by atoms with Crippen molar-refractivity contribution in [1.29, 1.82) is 0 Å². The largest absolute Gasteiger partial charge is 1.00 e. The summed E-state index contributed by atoms with van der Waals surface area (Å²) in [5.41, 5.74) is 4.59. The number of fused-ring (bicyclic) bond motifs is 1. The first-order valence-electron chi connectivity index (χ1n) is 8.42. The average Bonchev–Trinajstić information content (AvgIpc) is 3.17. The molecule has 1 fully saturated rings. The van der Waals surface area contributed by atoms with E-state index in [2.05, 4.69) is 28.1 Å². The molecule has 0 bridgehead atoms. The molecule has 37 heavy (non-hydrogen) atoms. The second-order valence-electron chi connectivity index (χ2n) is 6.33. The van der Waals surface area contributed by atoms with Crippen molar-refractivity contribution in [1.82, 2.24) is 19.5 Å². The van der Waals surface area contributed by atoms with E-state index in [1.165, 1.54) is 0 Å². The van der Waals surface area contributed by atoms with Crippen molar-refractivity contribution in [3.8, 4) is 0 Å². The van der Waals surface area contributed by atoms with Crippen molar-refractivity contribution in [3.05, 3.63) is 16.7 Å². The van der Waals surface area contributed by atoms with Crippen molar-refractivity contribution < 1.29 is 179 Å². The van der Waals surface area contributed by atoms with Crippen molar-refractivity contribution in [2.75, 3.05) is 19.5 Å². The number of aliphatic hydroxyl groups excluding tert-OH is 1. The summed E-state index contributed by atoms with van der Waals surface area (Å²) in [5.74, 6) is -0.265. The van der Waals surface area contributed by atoms with E-state index < -0.39 is 60.2 Å². The van der Waals surface area contributed by atoms with Crippen LogP contribution in [0.25, 0.3) is 11.2 Å². The second-order valence-corrected chi connectivity index (χ2v) is 10.6. The Labute approximate surface area is 296 Å². The molecule has 1 saturated heterocycles. The summed E-state index contributed by atoms with van der Waals surface area (Å²) in [6.07, 6.45) is -4.39. The van der Waals surface area contributed by atoms with Gasteiger partial charge < -0.3 is 49.0 Å². The van der Waals surface area contributed by atoms with Gasteiger partial charge in [0.05, 0.1) is 20.8 Å². The molecule has 0 spiro atoms.